The van der Waals surface area contributed by atoms with Gasteiger partial charge in [-0.3, -0.25) is 9.35 Å². The predicted molar refractivity (Wildman–Crippen MR) is 68.1 cm³/mol. The van der Waals surface area contributed by atoms with Gasteiger partial charge in [0.25, 0.3) is 10.1 Å². The fourth-order valence-corrected chi connectivity index (χ4v) is 0.788. The molecule has 9 heteroatoms. The van der Waals surface area contributed by atoms with Gasteiger partial charge in [-0.2, -0.15) is 8.42 Å². The Balaban J connectivity index is 0. The van der Waals surface area contributed by atoms with Gasteiger partial charge in [0, 0.05) is 12.6 Å². The molecular formula is C10H19NO7S. The second-order valence-electron chi connectivity index (χ2n) is 3.37. The Hall–Kier alpha value is -1.45. The zero-order valence-corrected chi connectivity index (χ0v) is 11.6. The third kappa shape index (κ3) is 14.5. The number of carbonyl (C=O) groups excluding carboxylic acids is 1. The highest BCUT2D eigenvalue weighted by atomic mass is 32.2. The Morgan fingerprint density at radius 2 is 1.95 bits per heavy atom. The predicted octanol–water partition coefficient (Wildman–Crippen LogP) is -0.198. The summed E-state index contributed by atoms with van der Waals surface area (Å²) in [6.45, 7) is 2.91. The van der Waals surface area contributed by atoms with E-state index in [2.05, 4.69) is 4.74 Å². The number of ether oxygens (including phenoxy) is 1. The molecule has 0 aromatic heterocycles. The lowest BCUT2D eigenvalue weighted by atomic mass is 10.5. The molecule has 8 nitrogen and oxygen atoms in total. The number of carbonyl (C=O) groups is 2. The average molecular weight is 297 g/mol. The second kappa shape index (κ2) is 10.5. The Morgan fingerprint density at radius 1 is 1.42 bits per heavy atom. The molecule has 4 N–H and O–H groups in total. The fourth-order valence-electron chi connectivity index (χ4n) is 0.545. The first-order valence-electron chi connectivity index (χ1n) is 5.32. The van der Waals surface area contributed by atoms with Crippen LogP contribution in [0.2, 0.25) is 0 Å². The van der Waals surface area contributed by atoms with Crippen LogP contribution in [0.3, 0.4) is 0 Å². The number of carboxylic acid groups (broad SMARTS) is 1. The van der Waals surface area contributed by atoms with Crippen molar-refractivity contribution in [3.63, 3.8) is 0 Å². The standard InChI is InChI=1S/C7H10O4.C3H9NO3S/c1-2-3-7(10)11-5-4-6(8)9;1-3(2-4)8(5,6)7/h2-3H,4-5H2,1H3,(H,8,9);3H,2,4H2,1H3,(H,5,6,7). The van der Waals surface area contributed by atoms with E-state index < -0.39 is 27.3 Å². The number of hydrogen-bond acceptors (Lipinski definition) is 6. The van der Waals surface area contributed by atoms with Gasteiger partial charge >= 0.3 is 11.9 Å². The van der Waals surface area contributed by atoms with Crippen LogP contribution in [-0.2, 0) is 24.4 Å². The quantitative estimate of drug-likeness (QED) is 0.347. The van der Waals surface area contributed by atoms with Crippen molar-refractivity contribution < 1.29 is 32.4 Å². The monoisotopic (exact) mass is 297 g/mol. The number of allylic oxidation sites excluding steroid dienone is 1. The molecule has 0 saturated heterocycles. The number of rotatable bonds is 6. The topological polar surface area (TPSA) is 144 Å². The summed E-state index contributed by atoms with van der Waals surface area (Å²) in [6, 6.07) is 0. The lowest BCUT2D eigenvalue weighted by molar-refractivity contribution is -0.142. The lowest BCUT2D eigenvalue weighted by Crippen LogP contribution is -2.25. The van der Waals surface area contributed by atoms with Gasteiger partial charge in [-0.25, -0.2) is 4.79 Å². The number of hydrogen-bond donors (Lipinski definition) is 3. The largest absolute Gasteiger partial charge is 0.481 e. The molecule has 0 radical (unpaired) electrons. The molecule has 0 aliphatic rings. The van der Waals surface area contributed by atoms with E-state index in [9.17, 15) is 18.0 Å². The third-order valence-electron chi connectivity index (χ3n) is 1.70. The number of aliphatic carboxylic acids is 1. The maximum absolute atomic E-state index is 10.5. The highest BCUT2D eigenvalue weighted by molar-refractivity contribution is 7.86. The van der Waals surface area contributed by atoms with E-state index in [4.69, 9.17) is 15.4 Å². The van der Waals surface area contributed by atoms with Crippen LogP contribution in [0.15, 0.2) is 12.2 Å². The van der Waals surface area contributed by atoms with Crippen molar-refractivity contribution in [1.82, 2.24) is 0 Å². The lowest BCUT2D eigenvalue weighted by Gasteiger charge is -2.00. The van der Waals surface area contributed by atoms with E-state index >= 15 is 0 Å². The summed E-state index contributed by atoms with van der Waals surface area (Å²) in [4.78, 5) is 20.5. The van der Waals surface area contributed by atoms with Crippen molar-refractivity contribution in [3.8, 4) is 0 Å². The van der Waals surface area contributed by atoms with Crippen molar-refractivity contribution in [2.45, 2.75) is 25.5 Å². The van der Waals surface area contributed by atoms with Gasteiger partial charge in [-0.15, -0.1) is 0 Å². The molecule has 0 spiro atoms. The van der Waals surface area contributed by atoms with Crippen molar-refractivity contribution >= 4 is 22.1 Å². The summed E-state index contributed by atoms with van der Waals surface area (Å²) in [5, 5.41) is 7.30. The Labute approximate surface area is 112 Å². The van der Waals surface area contributed by atoms with E-state index in [1.807, 2.05) is 0 Å². The first-order valence-corrected chi connectivity index (χ1v) is 6.83. The molecule has 1 unspecified atom stereocenters. The number of nitrogens with two attached hydrogens (primary N) is 1. The van der Waals surface area contributed by atoms with Gasteiger partial charge < -0.3 is 15.6 Å². The summed E-state index contributed by atoms with van der Waals surface area (Å²) in [7, 11) is -3.88. The molecule has 19 heavy (non-hydrogen) atoms. The van der Waals surface area contributed by atoms with Crippen molar-refractivity contribution in [2.24, 2.45) is 5.73 Å². The molecule has 0 aromatic carbocycles. The van der Waals surface area contributed by atoms with Crippen molar-refractivity contribution in [2.75, 3.05) is 13.2 Å². The normalized spacial score (nSPS) is 12.4. The zero-order valence-electron chi connectivity index (χ0n) is 10.8. The first kappa shape index (κ1) is 19.9. The van der Waals surface area contributed by atoms with Crippen LogP contribution in [0.25, 0.3) is 0 Å². The smallest absolute Gasteiger partial charge is 0.330 e. The van der Waals surface area contributed by atoms with Crippen LogP contribution >= 0.6 is 0 Å². The minimum Gasteiger partial charge on any atom is -0.481 e. The van der Waals surface area contributed by atoms with E-state index in [1.54, 1.807) is 6.92 Å². The summed E-state index contributed by atoms with van der Waals surface area (Å²) in [6.07, 6.45) is 2.62. The second-order valence-corrected chi connectivity index (χ2v) is 5.21. The average Bonchev–Trinajstić information content (AvgIpc) is 2.27. The van der Waals surface area contributed by atoms with Crippen LogP contribution in [0.4, 0.5) is 0 Å². The first-order chi connectivity index (χ1) is 8.65. The van der Waals surface area contributed by atoms with Crippen molar-refractivity contribution in [1.29, 1.82) is 0 Å². The Morgan fingerprint density at radius 3 is 2.21 bits per heavy atom. The van der Waals surface area contributed by atoms with Gasteiger partial charge in [0.1, 0.15) is 6.61 Å². The highest BCUT2D eigenvalue weighted by Crippen LogP contribution is 1.92. The Kier molecular flexibility index (Phi) is 11.0. The Bertz CT molecular complexity index is 402. The van der Waals surface area contributed by atoms with Gasteiger partial charge in [0.2, 0.25) is 0 Å². The van der Waals surface area contributed by atoms with Crippen LogP contribution < -0.4 is 5.73 Å². The maximum atomic E-state index is 10.5. The molecule has 0 aliphatic carbocycles. The molecule has 0 bridgehead atoms. The molecule has 0 rings (SSSR count). The van der Waals surface area contributed by atoms with E-state index in [-0.39, 0.29) is 19.6 Å². The molecule has 0 fully saturated rings. The number of carboxylic acids is 1. The van der Waals surface area contributed by atoms with Crippen molar-refractivity contribution in [3.05, 3.63) is 12.2 Å². The van der Waals surface area contributed by atoms with Crippen LogP contribution in [0.1, 0.15) is 20.3 Å². The van der Waals surface area contributed by atoms with Gasteiger partial charge in [-0.1, -0.05) is 6.08 Å². The maximum Gasteiger partial charge on any atom is 0.330 e. The molecule has 0 aliphatic heterocycles. The molecule has 112 valence electrons. The van der Waals surface area contributed by atoms with E-state index in [1.165, 1.54) is 19.1 Å². The number of esters is 1. The van der Waals surface area contributed by atoms with Crippen LogP contribution in [0, 0.1) is 0 Å². The molecular weight excluding hydrogens is 278 g/mol. The van der Waals surface area contributed by atoms with Gasteiger partial charge in [-0.05, 0) is 13.8 Å². The summed E-state index contributed by atoms with van der Waals surface area (Å²) in [5.74, 6) is -1.48. The SMILES string of the molecule is CC(CN)S(=O)(=O)O.CC=CC(=O)OCCC(=O)O. The highest BCUT2D eigenvalue weighted by Gasteiger charge is 2.13. The minimum atomic E-state index is -3.88. The molecule has 0 aromatic rings. The summed E-state index contributed by atoms with van der Waals surface area (Å²) >= 11 is 0. The minimum absolute atomic E-state index is 0.0428. The summed E-state index contributed by atoms with van der Waals surface area (Å²) < 4.78 is 32.7. The molecule has 0 saturated carbocycles. The van der Waals surface area contributed by atoms with E-state index in [0.717, 1.165) is 0 Å². The van der Waals surface area contributed by atoms with Crippen LogP contribution in [-0.4, -0.2) is 48.4 Å². The van der Waals surface area contributed by atoms with Gasteiger partial charge in [0.05, 0.1) is 11.7 Å². The van der Waals surface area contributed by atoms with Gasteiger partial charge in [0.15, 0.2) is 0 Å². The van der Waals surface area contributed by atoms with E-state index in [0.29, 0.717) is 0 Å². The third-order valence-corrected chi connectivity index (χ3v) is 2.91. The zero-order chi connectivity index (χ0) is 15.5. The van der Waals surface area contributed by atoms with Crippen LogP contribution in [0.5, 0.6) is 0 Å². The molecule has 0 heterocycles. The summed E-state index contributed by atoms with van der Waals surface area (Å²) in [5.41, 5.74) is 4.92. The fraction of sp³-hybridized carbons (Fsp3) is 0.600. The molecule has 0 amide bonds. The molecule has 1 atom stereocenters.